The largest absolute Gasteiger partial charge is 0.394 e. The fourth-order valence-corrected chi connectivity index (χ4v) is 4.25. The lowest BCUT2D eigenvalue weighted by molar-refractivity contribution is 0.125. The number of unbranched alkanes of at least 4 members (excludes halogenated alkanes) is 21. The van der Waals surface area contributed by atoms with E-state index in [2.05, 4.69) is 26.0 Å². The van der Waals surface area contributed by atoms with Crippen LogP contribution < -0.4 is 0 Å². The molecule has 0 heterocycles. The van der Waals surface area contributed by atoms with Crippen molar-refractivity contribution in [1.82, 2.24) is 0 Å². The summed E-state index contributed by atoms with van der Waals surface area (Å²) in [6.45, 7) is 6.30. The van der Waals surface area contributed by atoms with Crippen molar-refractivity contribution in [3.63, 3.8) is 0 Å². The molecule has 3 heteroatoms. The predicted octanol–water partition coefficient (Wildman–Crippen LogP) is 9.93. The summed E-state index contributed by atoms with van der Waals surface area (Å²) in [5.41, 5.74) is 0. The Hall–Kier alpha value is -0.380. The summed E-state index contributed by atoms with van der Waals surface area (Å²) in [6.07, 6.45) is 38.1. The van der Waals surface area contributed by atoms with E-state index in [1.165, 1.54) is 154 Å². The maximum Gasteiger partial charge on any atom is 0.0662 e. The molecule has 0 spiro atoms. The Kier molecular flexibility index (Phi) is 40.1. The molecule has 3 nitrogen and oxygen atoms in total. The summed E-state index contributed by atoms with van der Waals surface area (Å²) >= 11 is 0. The molecule has 0 radical (unpaired) electrons. The molecule has 212 valence electrons. The van der Waals surface area contributed by atoms with E-state index < -0.39 is 0 Å². The molecule has 0 saturated heterocycles. The Morgan fingerprint density at radius 1 is 0.400 bits per heavy atom. The van der Waals surface area contributed by atoms with E-state index in [9.17, 15) is 0 Å². The van der Waals surface area contributed by atoms with Crippen LogP contribution in [0.15, 0.2) is 12.2 Å². The van der Waals surface area contributed by atoms with E-state index in [-0.39, 0.29) is 13.2 Å². The highest BCUT2D eigenvalue weighted by Gasteiger charge is 1.95. The Morgan fingerprint density at radius 3 is 1.00 bits per heavy atom. The first-order valence-electron chi connectivity index (χ1n) is 15.8. The zero-order valence-corrected chi connectivity index (χ0v) is 24.3. The number of hydrogen-bond donors (Lipinski definition) is 2. The zero-order valence-electron chi connectivity index (χ0n) is 24.3. The molecule has 2 N–H and O–H groups in total. The third kappa shape index (κ3) is 41.0. The van der Waals surface area contributed by atoms with Crippen molar-refractivity contribution >= 4 is 0 Å². The van der Waals surface area contributed by atoms with Crippen molar-refractivity contribution in [2.24, 2.45) is 0 Å². The molecule has 0 amide bonds. The standard InChI is InChI=1S/C30H60O.C2H6O2/c1-3-5-7-9-11-13-15-16-17-18-19-20-22-24-26-28-30-31-29-27-25-23-21-14-12-10-8-6-4-2;3-1-2-4/h16-17H,3-15,18-30H2,1-2H3;3-4H,1-2H2. The molecule has 0 aromatic heterocycles. The molecule has 0 atom stereocenters. The summed E-state index contributed by atoms with van der Waals surface area (Å²) in [5, 5.41) is 15.2. The van der Waals surface area contributed by atoms with E-state index in [1.54, 1.807) is 0 Å². The predicted molar refractivity (Wildman–Crippen MR) is 156 cm³/mol. The smallest absolute Gasteiger partial charge is 0.0662 e. The van der Waals surface area contributed by atoms with Gasteiger partial charge in [-0.1, -0.05) is 142 Å². The number of ether oxygens (including phenoxy) is 1. The van der Waals surface area contributed by atoms with Crippen molar-refractivity contribution in [3.05, 3.63) is 12.2 Å². The monoisotopic (exact) mass is 499 g/mol. The fraction of sp³-hybridized carbons (Fsp3) is 0.938. The van der Waals surface area contributed by atoms with E-state index >= 15 is 0 Å². The summed E-state index contributed by atoms with van der Waals surface area (Å²) in [4.78, 5) is 0. The summed E-state index contributed by atoms with van der Waals surface area (Å²) in [5.74, 6) is 0. The highest BCUT2D eigenvalue weighted by molar-refractivity contribution is 4.81. The average molecular weight is 499 g/mol. The molecule has 0 fully saturated rings. The van der Waals surface area contributed by atoms with Gasteiger partial charge < -0.3 is 14.9 Å². The molecule has 35 heavy (non-hydrogen) atoms. The van der Waals surface area contributed by atoms with Gasteiger partial charge in [0.25, 0.3) is 0 Å². The first-order chi connectivity index (χ1) is 17.3. The Labute approximate surface area is 221 Å². The molecule has 0 aliphatic carbocycles. The minimum absolute atomic E-state index is 0.125. The highest BCUT2D eigenvalue weighted by Crippen LogP contribution is 2.12. The van der Waals surface area contributed by atoms with Crippen LogP contribution >= 0.6 is 0 Å². The Balaban J connectivity index is 0. The van der Waals surface area contributed by atoms with Crippen molar-refractivity contribution in [3.8, 4) is 0 Å². The van der Waals surface area contributed by atoms with Crippen molar-refractivity contribution in [2.75, 3.05) is 26.4 Å². The lowest BCUT2D eigenvalue weighted by atomic mass is 10.1. The maximum absolute atomic E-state index is 7.62. The van der Waals surface area contributed by atoms with Crippen LogP contribution in [0.5, 0.6) is 0 Å². The maximum atomic E-state index is 7.62. The lowest BCUT2D eigenvalue weighted by Gasteiger charge is -2.05. The summed E-state index contributed by atoms with van der Waals surface area (Å²) in [7, 11) is 0. The quantitative estimate of drug-likeness (QED) is 0.0833. The molecule has 0 aliphatic rings. The minimum Gasteiger partial charge on any atom is -0.394 e. The van der Waals surface area contributed by atoms with Crippen molar-refractivity contribution in [1.29, 1.82) is 0 Å². The van der Waals surface area contributed by atoms with Gasteiger partial charge in [0.1, 0.15) is 0 Å². The molecule has 0 aliphatic heterocycles. The zero-order chi connectivity index (χ0) is 25.9. The van der Waals surface area contributed by atoms with Crippen LogP contribution in [0.3, 0.4) is 0 Å². The molecule has 0 bridgehead atoms. The van der Waals surface area contributed by atoms with Crippen LogP contribution in [0.25, 0.3) is 0 Å². The average Bonchev–Trinajstić information content (AvgIpc) is 2.88. The van der Waals surface area contributed by atoms with Gasteiger partial charge in [-0.05, 0) is 38.5 Å². The molecule has 0 aromatic carbocycles. The molecular formula is C32H66O3. The lowest BCUT2D eigenvalue weighted by Crippen LogP contribution is -1.97. The van der Waals surface area contributed by atoms with Crippen LogP contribution in [0.4, 0.5) is 0 Å². The SMILES string of the molecule is CCCCCCCCC=CCCCCCCCCOCCCCCCCCCCCC.OCCO. The third-order valence-corrected chi connectivity index (χ3v) is 6.54. The Bertz CT molecular complexity index is 355. The third-order valence-electron chi connectivity index (χ3n) is 6.54. The first-order valence-corrected chi connectivity index (χ1v) is 15.8. The number of allylic oxidation sites excluding steroid dienone is 2. The van der Waals surface area contributed by atoms with Gasteiger partial charge in [0.15, 0.2) is 0 Å². The topological polar surface area (TPSA) is 49.7 Å². The number of hydrogen-bond acceptors (Lipinski definition) is 3. The van der Waals surface area contributed by atoms with E-state index in [0.717, 1.165) is 13.2 Å². The van der Waals surface area contributed by atoms with Gasteiger partial charge in [0, 0.05) is 13.2 Å². The van der Waals surface area contributed by atoms with Crippen LogP contribution in [-0.2, 0) is 4.74 Å². The highest BCUT2D eigenvalue weighted by atomic mass is 16.5. The van der Waals surface area contributed by atoms with E-state index in [1.807, 2.05) is 0 Å². The van der Waals surface area contributed by atoms with Gasteiger partial charge in [-0.2, -0.15) is 0 Å². The second-order valence-corrected chi connectivity index (χ2v) is 10.2. The van der Waals surface area contributed by atoms with Gasteiger partial charge in [0.2, 0.25) is 0 Å². The molecule has 0 unspecified atom stereocenters. The van der Waals surface area contributed by atoms with Crippen LogP contribution in [0, 0.1) is 0 Å². The van der Waals surface area contributed by atoms with Gasteiger partial charge in [-0.15, -0.1) is 0 Å². The van der Waals surface area contributed by atoms with Crippen LogP contribution in [0.2, 0.25) is 0 Å². The van der Waals surface area contributed by atoms with Crippen molar-refractivity contribution in [2.45, 2.75) is 168 Å². The van der Waals surface area contributed by atoms with Gasteiger partial charge in [-0.3, -0.25) is 0 Å². The summed E-state index contributed by atoms with van der Waals surface area (Å²) < 4.78 is 5.82. The number of aliphatic hydroxyl groups excluding tert-OH is 2. The number of rotatable bonds is 28. The second kappa shape index (κ2) is 38.2. The van der Waals surface area contributed by atoms with Crippen LogP contribution in [0.1, 0.15) is 168 Å². The van der Waals surface area contributed by atoms with Gasteiger partial charge in [0.05, 0.1) is 13.2 Å². The molecular weight excluding hydrogens is 432 g/mol. The minimum atomic E-state index is -0.125. The van der Waals surface area contributed by atoms with Crippen LogP contribution in [-0.4, -0.2) is 36.6 Å². The fourth-order valence-electron chi connectivity index (χ4n) is 4.25. The summed E-state index contributed by atoms with van der Waals surface area (Å²) in [6, 6.07) is 0. The van der Waals surface area contributed by atoms with Gasteiger partial charge >= 0.3 is 0 Å². The van der Waals surface area contributed by atoms with Gasteiger partial charge in [-0.25, -0.2) is 0 Å². The molecule has 0 aromatic rings. The molecule has 0 rings (SSSR count). The Morgan fingerprint density at radius 2 is 0.686 bits per heavy atom. The molecule has 0 saturated carbocycles. The van der Waals surface area contributed by atoms with E-state index in [4.69, 9.17) is 14.9 Å². The number of aliphatic hydroxyl groups is 2. The van der Waals surface area contributed by atoms with Crippen molar-refractivity contribution < 1.29 is 14.9 Å². The van der Waals surface area contributed by atoms with E-state index in [0.29, 0.717) is 0 Å². The first kappa shape index (κ1) is 36.8. The normalized spacial score (nSPS) is 11.2. The second-order valence-electron chi connectivity index (χ2n) is 10.2.